The van der Waals surface area contributed by atoms with Crippen molar-refractivity contribution >= 4 is 16.9 Å². The van der Waals surface area contributed by atoms with Crippen LogP contribution >= 0.6 is 0 Å². The molecule has 0 aromatic carbocycles. The minimum atomic E-state index is 0.437. The molecule has 1 aliphatic carbocycles. The quantitative estimate of drug-likeness (QED) is 0.270. The molecule has 0 bridgehead atoms. The van der Waals surface area contributed by atoms with Gasteiger partial charge in [-0.05, 0) is 84.1 Å². The van der Waals surface area contributed by atoms with Crippen LogP contribution in [0.25, 0.3) is 22.3 Å². The van der Waals surface area contributed by atoms with E-state index in [4.69, 9.17) is 5.73 Å². The molecule has 3 aromatic rings. The Morgan fingerprint density at radius 3 is 2.94 bits per heavy atom. The molecule has 3 aromatic heterocycles. The number of allylic oxidation sites excluding steroid dienone is 1. The summed E-state index contributed by atoms with van der Waals surface area (Å²) in [6.45, 7) is 8.58. The number of anilines is 1. The maximum atomic E-state index is 6.23. The van der Waals surface area contributed by atoms with Crippen LogP contribution in [-0.4, -0.2) is 50.9 Å². The van der Waals surface area contributed by atoms with Crippen molar-refractivity contribution < 1.29 is 0 Å². The number of nitrogen functional groups attached to an aromatic ring is 1. The van der Waals surface area contributed by atoms with E-state index in [9.17, 15) is 0 Å². The van der Waals surface area contributed by atoms with Crippen molar-refractivity contribution in [3.05, 3.63) is 36.4 Å². The molecule has 172 valence electrons. The van der Waals surface area contributed by atoms with Gasteiger partial charge in [0.15, 0.2) is 0 Å². The molecule has 0 spiro atoms. The number of H-pyrrole nitrogens is 1. The number of nitrogens with one attached hydrogen (secondary N) is 3. The Hall–Kier alpha value is -2.71. The van der Waals surface area contributed by atoms with E-state index in [2.05, 4.69) is 61.5 Å². The maximum Gasteiger partial charge on any atom is 0.146 e. The third-order valence-corrected chi connectivity index (χ3v) is 6.67. The van der Waals surface area contributed by atoms with Crippen molar-refractivity contribution in [1.29, 1.82) is 0 Å². The molecule has 8 heteroatoms. The fourth-order valence-corrected chi connectivity index (χ4v) is 4.68. The molecule has 1 fully saturated rings. The molecular weight excluding hydrogens is 400 g/mol. The average Bonchev–Trinajstić information content (AvgIpc) is 3.55. The molecule has 0 saturated heterocycles. The summed E-state index contributed by atoms with van der Waals surface area (Å²) >= 11 is 0. The lowest BCUT2D eigenvalue weighted by atomic mass is 10.1. The standard InChI is InChI=1S/C24H36N8/c1-3-17(2)7-11-26-9-4-10-27-14-18-5-6-19(13-18)32-15-20(21-8-12-30-31-21)22-23(25)28-16-29-24(22)32/h3,8,12,15-16,18-19,26-27H,4-7,9-11,13-14H2,1-2H3,(H,30,31)(H2,25,28,29)/b17-3+. The van der Waals surface area contributed by atoms with Crippen LogP contribution in [0.15, 0.2) is 36.4 Å². The first-order valence-electron chi connectivity index (χ1n) is 11.8. The predicted molar refractivity (Wildman–Crippen MR) is 130 cm³/mol. The monoisotopic (exact) mass is 436 g/mol. The zero-order chi connectivity index (χ0) is 22.3. The highest BCUT2D eigenvalue weighted by Crippen LogP contribution is 2.40. The van der Waals surface area contributed by atoms with Crippen LogP contribution in [-0.2, 0) is 0 Å². The summed E-state index contributed by atoms with van der Waals surface area (Å²) in [5.41, 5.74) is 10.6. The van der Waals surface area contributed by atoms with Gasteiger partial charge in [0, 0.05) is 24.0 Å². The number of fused-ring (bicyclic) bond motifs is 1. The predicted octanol–water partition coefficient (Wildman–Crippen LogP) is 3.67. The van der Waals surface area contributed by atoms with Gasteiger partial charge in [-0.2, -0.15) is 5.10 Å². The molecule has 1 aliphatic rings. The molecule has 3 heterocycles. The largest absolute Gasteiger partial charge is 0.383 e. The Bertz CT molecular complexity index is 1020. The third-order valence-electron chi connectivity index (χ3n) is 6.67. The van der Waals surface area contributed by atoms with E-state index < -0.39 is 0 Å². The number of aromatic amines is 1. The molecule has 4 rings (SSSR count). The van der Waals surface area contributed by atoms with Crippen LogP contribution in [0.4, 0.5) is 5.82 Å². The molecular formula is C24H36N8. The highest BCUT2D eigenvalue weighted by atomic mass is 15.1. The second kappa shape index (κ2) is 10.7. The van der Waals surface area contributed by atoms with Crippen LogP contribution < -0.4 is 16.4 Å². The molecule has 8 nitrogen and oxygen atoms in total. The first-order chi connectivity index (χ1) is 15.7. The van der Waals surface area contributed by atoms with E-state index >= 15 is 0 Å². The highest BCUT2D eigenvalue weighted by molar-refractivity contribution is 5.99. The van der Waals surface area contributed by atoms with Crippen LogP contribution in [0.2, 0.25) is 0 Å². The smallest absolute Gasteiger partial charge is 0.146 e. The van der Waals surface area contributed by atoms with Crippen molar-refractivity contribution in [2.45, 2.75) is 52.0 Å². The Morgan fingerprint density at radius 1 is 1.25 bits per heavy atom. The number of hydrogen-bond acceptors (Lipinski definition) is 6. The number of nitrogens with two attached hydrogens (primary N) is 1. The third kappa shape index (κ3) is 5.19. The van der Waals surface area contributed by atoms with E-state index in [0.717, 1.165) is 74.2 Å². The zero-order valence-corrected chi connectivity index (χ0v) is 19.3. The van der Waals surface area contributed by atoms with Gasteiger partial charge < -0.3 is 20.9 Å². The van der Waals surface area contributed by atoms with E-state index in [-0.39, 0.29) is 0 Å². The van der Waals surface area contributed by atoms with Crippen LogP contribution in [0.3, 0.4) is 0 Å². The Balaban J connectivity index is 1.28. The SMILES string of the molecule is C/C=C(\C)CCNCCCNCC1CCC(n2cc(-c3ccn[nH]3)c3c(N)ncnc32)C1. The lowest BCUT2D eigenvalue weighted by Crippen LogP contribution is -2.26. The Labute approximate surface area is 190 Å². The summed E-state index contributed by atoms with van der Waals surface area (Å²) in [7, 11) is 0. The molecule has 2 unspecified atom stereocenters. The van der Waals surface area contributed by atoms with Crippen LogP contribution in [0.1, 0.15) is 52.0 Å². The summed E-state index contributed by atoms with van der Waals surface area (Å²) in [6.07, 6.45) is 13.5. The van der Waals surface area contributed by atoms with Crippen molar-refractivity contribution in [2.24, 2.45) is 5.92 Å². The van der Waals surface area contributed by atoms with Crippen molar-refractivity contribution in [2.75, 3.05) is 31.9 Å². The zero-order valence-electron chi connectivity index (χ0n) is 19.3. The number of aromatic nitrogens is 5. The van der Waals surface area contributed by atoms with Gasteiger partial charge in [0.1, 0.15) is 17.8 Å². The van der Waals surface area contributed by atoms with Crippen molar-refractivity contribution in [3.8, 4) is 11.3 Å². The molecule has 0 radical (unpaired) electrons. The van der Waals surface area contributed by atoms with Gasteiger partial charge >= 0.3 is 0 Å². The molecule has 2 atom stereocenters. The van der Waals surface area contributed by atoms with Gasteiger partial charge in [-0.25, -0.2) is 9.97 Å². The first-order valence-corrected chi connectivity index (χ1v) is 11.8. The number of rotatable bonds is 11. The van der Waals surface area contributed by atoms with Crippen molar-refractivity contribution in [1.82, 2.24) is 35.4 Å². The van der Waals surface area contributed by atoms with E-state index in [0.29, 0.717) is 17.8 Å². The van der Waals surface area contributed by atoms with Gasteiger partial charge in [0.25, 0.3) is 0 Å². The van der Waals surface area contributed by atoms with Crippen LogP contribution in [0, 0.1) is 5.92 Å². The fourth-order valence-electron chi connectivity index (χ4n) is 4.68. The normalized spacial score (nSPS) is 19.2. The molecule has 1 saturated carbocycles. The summed E-state index contributed by atoms with van der Waals surface area (Å²) in [5, 5.41) is 15.3. The summed E-state index contributed by atoms with van der Waals surface area (Å²) in [5.74, 6) is 1.21. The van der Waals surface area contributed by atoms with Crippen molar-refractivity contribution in [3.63, 3.8) is 0 Å². The van der Waals surface area contributed by atoms with Gasteiger partial charge in [0.05, 0.1) is 11.1 Å². The van der Waals surface area contributed by atoms with Gasteiger partial charge in [0.2, 0.25) is 0 Å². The summed E-state index contributed by atoms with van der Waals surface area (Å²) in [6, 6.07) is 2.40. The van der Waals surface area contributed by atoms with Gasteiger partial charge in [-0.1, -0.05) is 11.6 Å². The number of nitrogens with zero attached hydrogens (tertiary/aromatic N) is 4. The Morgan fingerprint density at radius 2 is 2.12 bits per heavy atom. The fraction of sp³-hybridized carbons (Fsp3) is 0.542. The van der Waals surface area contributed by atoms with Gasteiger partial charge in [-0.15, -0.1) is 0 Å². The highest BCUT2D eigenvalue weighted by Gasteiger charge is 2.28. The topological polar surface area (TPSA) is 109 Å². The summed E-state index contributed by atoms with van der Waals surface area (Å²) in [4.78, 5) is 8.80. The van der Waals surface area contributed by atoms with E-state index in [1.807, 2.05) is 6.07 Å². The van der Waals surface area contributed by atoms with Gasteiger partial charge in [-0.3, -0.25) is 5.10 Å². The second-order valence-electron chi connectivity index (χ2n) is 8.90. The average molecular weight is 437 g/mol. The van der Waals surface area contributed by atoms with E-state index in [1.54, 1.807) is 12.5 Å². The lowest BCUT2D eigenvalue weighted by Gasteiger charge is -2.15. The summed E-state index contributed by atoms with van der Waals surface area (Å²) < 4.78 is 2.31. The maximum absolute atomic E-state index is 6.23. The molecule has 32 heavy (non-hydrogen) atoms. The first kappa shape index (κ1) is 22.5. The van der Waals surface area contributed by atoms with E-state index in [1.165, 1.54) is 12.0 Å². The minimum Gasteiger partial charge on any atom is -0.383 e. The minimum absolute atomic E-state index is 0.437. The molecule has 0 amide bonds. The lowest BCUT2D eigenvalue weighted by molar-refractivity contribution is 0.452. The molecule has 0 aliphatic heterocycles. The Kier molecular flexibility index (Phi) is 7.55. The molecule has 5 N–H and O–H groups in total. The number of hydrogen-bond donors (Lipinski definition) is 4. The second-order valence-corrected chi connectivity index (χ2v) is 8.90. The van der Waals surface area contributed by atoms with Crippen LogP contribution in [0.5, 0.6) is 0 Å².